The third-order valence-electron chi connectivity index (χ3n) is 3.78. The molecule has 1 fully saturated rings. The molecule has 1 aromatic heterocycles. The Labute approximate surface area is 144 Å². The first-order valence-electron chi connectivity index (χ1n) is 6.85. The lowest BCUT2D eigenvalue weighted by atomic mass is 9.99. The van der Waals surface area contributed by atoms with E-state index in [0.717, 1.165) is 5.52 Å². The fourth-order valence-electron chi connectivity index (χ4n) is 2.48. The first kappa shape index (κ1) is 17.0. The van der Waals surface area contributed by atoms with E-state index in [-0.39, 0.29) is 0 Å². The van der Waals surface area contributed by atoms with Crippen molar-refractivity contribution in [2.45, 2.75) is 30.7 Å². The van der Waals surface area contributed by atoms with Crippen molar-refractivity contribution in [3.63, 3.8) is 0 Å². The van der Waals surface area contributed by atoms with Gasteiger partial charge in [-0.05, 0) is 28.1 Å². The molecule has 1 aliphatic rings. The Bertz CT molecular complexity index is 708. The first-order chi connectivity index (χ1) is 10.9. The number of aliphatic hydroxyl groups is 4. The SMILES string of the molecule is OC[C@H]1O[C@@H](Oc2c[nH]c3cc(Cl)c(Br)cc23)[C@H](O)[C@H](O)[C@H]1O. The van der Waals surface area contributed by atoms with Crippen molar-refractivity contribution >= 4 is 38.4 Å². The lowest BCUT2D eigenvalue weighted by Crippen LogP contribution is -2.60. The van der Waals surface area contributed by atoms with Gasteiger partial charge in [0.1, 0.15) is 30.2 Å². The van der Waals surface area contributed by atoms with Gasteiger partial charge in [0.2, 0.25) is 6.29 Å². The summed E-state index contributed by atoms with van der Waals surface area (Å²) in [6.07, 6.45) is -5.07. The molecule has 1 aromatic carbocycles. The van der Waals surface area contributed by atoms with Crippen LogP contribution in [0.2, 0.25) is 5.02 Å². The van der Waals surface area contributed by atoms with Gasteiger partial charge in [-0.25, -0.2) is 0 Å². The highest BCUT2D eigenvalue weighted by atomic mass is 79.9. The van der Waals surface area contributed by atoms with Crippen molar-refractivity contribution in [1.82, 2.24) is 4.98 Å². The zero-order valence-electron chi connectivity index (χ0n) is 11.7. The molecule has 1 saturated heterocycles. The molecule has 2 aromatic rings. The summed E-state index contributed by atoms with van der Waals surface area (Å²) in [4.78, 5) is 2.98. The zero-order chi connectivity index (χ0) is 16.7. The van der Waals surface area contributed by atoms with Crippen molar-refractivity contribution in [2.24, 2.45) is 0 Å². The molecule has 126 valence electrons. The van der Waals surface area contributed by atoms with Crippen molar-refractivity contribution < 1.29 is 29.9 Å². The molecule has 23 heavy (non-hydrogen) atoms. The Morgan fingerprint density at radius 2 is 1.96 bits per heavy atom. The van der Waals surface area contributed by atoms with E-state index >= 15 is 0 Å². The number of aromatic nitrogens is 1. The Kier molecular flexibility index (Phi) is 4.84. The van der Waals surface area contributed by atoms with Gasteiger partial charge in [0.25, 0.3) is 0 Å². The quantitative estimate of drug-likeness (QED) is 0.512. The summed E-state index contributed by atoms with van der Waals surface area (Å²) in [5.41, 5.74) is 0.720. The molecule has 1 aliphatic heterocycles. The van der Waals surface area contributed by atoms with E-state index in [1.807, 2.05) is 0 Å². The van der Waals surface area contributed by atoms with Crippen LogP contribution >= 0.6 is 27.5 Å². The summed E-state index contributed by atoms with van der Waals surface area (Å²) in [5, 5.41) is 40.0. The first-order valence-corrected chi connectivity index (χ1v) is 8.02. The molecule has 0 bridgehead atoms. The minimum absolute atomic E-state index is 0.377. The van der Waals surface area contributed by atoms with E-state index in [2.05, 4.69) is 20.9 Å². The summed E-state index contributed by atoms with van der Waals surface area (Å²) in [7, 11) is 0. The van der Waals surface area contributed by atoms with E-state index in [9.17, 15) is 20.4 Å². The minimum atomic E-state index is -1.49. The Morgan fingerprint density at radius 3 is 2.65 bits per heavy atom. The molecule has 9 heteroatoms. The van der Waals surface area contributed by atoms with Gasteiger partial charge in [0.15, 0.2) is 0 Å². The van der Waals surface area contributed by atoms with E-state index in [1.165, 1.54) is 0 Å². The molecule has 0 radical (unpaired) electrons. The minimum Gasteiger partial charge on any atom is -0.460 e. The van der Waals surface area contributed by atoms with E-state index in [1.54, 1.807) is 18.3 Å². The summed E-state index contributed by atoms with van der Waals surface area (Å²) >= 11 is 9.35. The maximum absolute atomic E-state index is 10.0. The average Bonchev–Trinajstić information content (AvgIpc) is 2.90. The van der Waals surface area contributed by atoms with Crippen LogP contribution in [0.4, 0.5) is 0 Å². The standard InChI is InChI=1S/C14H15BrClNO6/c15-6-1-5-8(2-7(6)16)17-3-9(5)22-14-13(21)12(20)11(19)10(4-18)23-14/h1-3,10-14,17-21H,4H2/t10-,11+,12-,13-,14-/m1/s1. The number of hydrogen-bond acceptors (Lipinski definition) is 6. The number of nitrogens with one attached hydrogen (secondary N) is 1. The maximum Gasteiger partial charge on any atom is 0.229 e. The number of fused-ring (bicyclic) bond motifs is 1. The summed E-state index contributed by atoms with van der Waals surface area (Å²) in [5.74, 6) is 0.377. The fraction of sp³-hybridized carbons (Fsp3) is 0.429. The molecule has 7 nitrogen and oxygen atoms in total. The lowest BCUT2D eigenvalue weighted by Gasteiger charge is -2.39. The number of aliphatic hydroxyl groups excluding tert-OH is 4. The Balaban J connectivity index is 1.88. The third-order valence-corrected chi connectivity index (χ3v) is 4.97. The predicted octanol–water partition coefficient (Wildman–Crippen LogP) is 0.762. The molecule has 0 spiro atoms. The van der Waals surface area contributed by atoms with Gasteiger partial charge in [-0.1, -0.05) is 11.6 Å². The number of hydrogen-bond donors (Lipinski definition) is 5. The molecule has 5 atom stereocenters. The van der Waals surface area contributed by atoms with Gasteiger partial charge < -0.3 is 34.9 Å². The molecule has 0 unspecified atom stereocenters. The van der Waals surface area contributed by atoms with Gasteiger partial charge in [0, 0.05) is 16.1 Å². The Hall–Kier alpha value is -0.870. The van der Waals surface area contributed by atoms with Crippen LogP contribution in [-0.4, -0.2) is 62.7 Å². The number of ether oxygens (including phenoxy) is 2. The van der Waals surface area contributed by atoms with Crippen molar-refractivity contribution in [2.75, 3.05) is 6.61 Å². The second kappa shape index (κ2) is 6.56. The molecular weight excluding hydrogens is 394 g/mol. The Morgan fingerprint density at radius 1 is 1.22 bits per heavy atom. The second-order valence-electron chi connectivity index (χ2n) is 5.28. The highest BCUT2D eigenvalue weighted by molar-refractivity contribution is 9.10. The molecule has 0 saturated carbocycles. The van der Waals surface area contributed by atoms with Gasteiger partial charge in [-0.2, -0.15) is 0 Å². The molecule has 0 amide bonds. The molecule has 0 aliphatic carbocycles. The number of H-pyrrole nitrogens is 1. The third kappa shape index (κ3) is 3.08. The molecule has 2 heterocycles. The summed E-state index contributed by atoms with van der Waals surface area (Å²) in [6, 6.07) is 3.45. The van der Waals surface area contributed by atoms with Crippen LogP contribution in [0.15, 0.2) is 22.8 Å². The van der Waals surface area contributed by atoms with E-state index in [0.29, 0.717) is 20.6 Å². The van der Waals surface area contributed by atoms with Gasteiger partial charge in [-0.15, -0.1) is 0 Å². The van der Waals surface area contributed by atoms with Gasteiger partial charge in [0.05, 0.1) is 17.1 Å². The number of aromatic amines is 1. The monoisotopic (exact) mass is 407 g/mol. The zero-order valence-corrected chi connectivity index (χ0v) is 14.0. The highest BCUT2D eigenvalue weighted by Gasteiger charge is 2.44. The van der Waals surface area contributed by atoms with Crippen molar-refractivity contribution in [1.29, 1.82) is 0 Å². The molecular formula is C14H15BrClNO6. The van der Waals surface area contributed by atoms with Crippen LogP contribution in [0.3, 0.4) is 0 Å². The van der Waals surface area contributed by atoms with Gasteiger partial charge in [-0.3, -0.25) is 0 Å². The number of benzene rings is 1. The number of rotatable bonds is 3. The largest absolute Gasteiger partial charge is 0.460 e. The van der Waals surface area contributed by atoms with E-state index < -0.39 is 37.3 Å². The topological polar surface area (TPSA) is 115 Å². The highest BCUT2D eigenvalue weighted by Crippen LogP contribution is 2.34. The van der Waals surface area contributed by atoms with Crippen molar-refractivity contribution in [3.05, 3.63) is 27.8 Å². The maximum atomic E-state index is 10.0. The van der Waals surface area contributed by atoms with Crippen LogP contribution in [0, 0.1) is 0 Å². The van der Waals surface area contributed by atoms with Crippen molar-refractivity contribution in [3.8, 4) is 5.75 Å². The van der Waals surface area contributed by atoms with Crippen LogP contribution < -0.4 is 4.74 Å². The average molecular weight is 409 g/mol. The van der Waals surface area contributed by atoms with Crippen LogP contribution in [-0.2, 0) is 4.74 Å². The van der Waals surface area contributed by atoms with Gasteiger partial charge >= 0.3 is 0 Å². The molecule has 3 rings (SSSR count). The van der Waals surface area contributed by atoms with Crippen LogP contribution in [0.1, 0.15) is 0 Å². The second-order valence-corrected chi connectivity index (χ2v) is 6.54. The lowest BCUT2D eigenvalue weighted by molar-refractivity contribution is -0.277. The van der Waals surface area contributed by atoms with Crippen LogP contribution in [0.25, 0.3) is 10.9 Å². The predicted molar refractivity (Wildman–Crippen MR) is 85.4 cm³/mol. The normalized spacial score (nSPS) is 31.5. The molecule has 5 N–H and O–H groups in total. The van der Waals surface area contributed by atoms with E-state index in [4.69, 9.17) is 21.1 Å². The summed E-state index contributed by atoms with van der Waals surface area (Å²) < 4.78 is 11.6. The summed E-state index contributed by atoms with van der Waals surface area (Å²) in [6.45, 7) is -0.514. The van der Waals surface area contributed by atoms with Crippen LogP contribution in [0.5, 0.6) is 5.75 Å². The number of halogens is 2. The smallest absolute Gasteiger partial charge is 0.229 e. The fourth-order valence-corrected chi connectivity index (χ4v) is 2.99.